The van der Waals surface area contributed by atoms with Crippen LogP contribution in [0.3, 0.4) is 0 Å². The van der Waals surface area contributed by atoms with Crippen LogP contribution in [0.4, 0.5) is 4.39 Å². The van der Waals surface area contributed by atoms with Crippen LogP contribution in [0.2, 0.25) is 0 Å². The van der Waals surface area contributed by atoms with Crippen molar-refractivity contribution in [2.45, 2.75) is 39.7 Å². The highest BCUT2D eigenvalue weighted by Gasteiger charge is 2.13. The van der Waals surface area contributed by atoms with Crippen LogP contribution in [-0.4, -0.2) is 14.9 Å². The van der Waals surface area contributed by atoms with Crippen molar-refractivity contribution in [3.8, 4) is 5.69 Å². The zero-order chi connectivity index (χ0) is 14.0. The smallest absolute Gasteiger partial charge is 0.149 e. The van der Waals surface area contributed by atoms with Crippen LogP contribution in [0.15, 0.2) is 24.3 Å². The monoisotopic (exact) mass is 262 g/mol. The maximum absolute atomic E-state index is 14.2. The van der Waals surface area contributed by atoms with Crippen LogP contribution in [0.25, 0.3) is 5.69 Å². The van der Waals surface area contributed by atoms with E-state index >= 15 is 0 Å². The average Bonchev–Trinajstić information content (AvgIpc) is 2.81. The summed E-state index contributed by atoms with van der Waals surface area (Å²) in [4.78, 5) is 0. The first kappa shape index (κ1) is 13.7. The highest BCUT2D eigenvalue weighted by molar-refractivity contribution is 5.38. The highest BCUT2D eigenvalue weighted by atomic mass is 19.1. The quantitative estimate of drug-likeness (QED) is 0.919. The van der Waals surface area contributed by atoms with Gasteiger partial charge in [0.2, 0.25) is 0 Å². The number of aryl methyl sites for hydroxylation is 2. The zero-order valence-electron chi connectivity index (χ0n) is 11.5. The molecule has 0 aliphatic rings. The van der Waals surface area contributed by atoms with Crippen LogP contribution >= 0.6 is 0 Å². The summed E-state index contributed by atoms with van der Waals surface area (Å²) in [5.41, 5.74) is 2.94. The molecule has 0 amide bonds. The second-order valence-corrected chi connectivity index (χ2v) is 4.63. The maximum Gasteiger partial charge on any atom is 0.149 e. The molecule has 1 atom stereocenters. The molecule has 1 N–H and O–H groups in total. The molecule has 0 spiro atoms. The third kappa shape index (κ3) is 2.68. The molecule has 0 aliphatic carbocycles. The van der Waals surface area contributed by atoms with Gasteiger partial charge in [0.25, 0.3) is 0 Å². The van der Waals surface area contributed by atoms with E-state index in [1.54, 1.807) is 23.7 Å². The second-order valence-electron chi connectivity index (χ2n) is 4.63. The van der Waals surface area contributed by atoms with Gasteiger partial charge >= 0.3 is 0 Å². The van der Waals surface area contributed by atoms with Crippen molar-refractivity contribution in [1.82, 2.24) is 9.78 Å². The van der Waals surface area contributed by atoms with Crippen molar-refractivity contribution in [2.75, 3.05) is 0 Å². The molecule has 4 heteroatoms. The van der Waals surface area contributed by atoms with Crippen molar-refractivity contribution < 1.29 is 9.50 Å². The minimum Gasteiger partial charge on any atom is -0.389 e. The van der Waals surface area contributed by atoms with Gasteiger partial charge in [-0.2, -0.15) is 5.10 Å². The number of benzene rings is 1. The van der Waals surface area contributed by atoms with Crippen LogP contribution in [0.1, 0.15) is 43.8 Å². The van der Waals surface area contributed by atoms with Crippen molar-refractivity contribution in [3.63, 3.8) is 0 Å². The van der Waals surface area contributed by atoms with E-state index in [2.05, 4.69) is 5.10 Å². The van der Waals surface area contributed by atoms with E-state index < -0.39 is 6.10 Å². The molecule has 3 nitrogen and oxygen atoms in total. The Morgan fingerprint density at radius 2 is 2.00 bits per heavy atom. The lowest BCUT2D eigenvalue weighted by Crippen LogP contribution is -2.05. The predicted octanol–water partition coefficient (Wildman–Crippen LogP) is 3.19. The van der Waals surface area contributed by atoms with Crippen molar-refractivity contribution in [3.05, 3.63) is 47.0 Å². The summed E-state index contributed by atoms with van der Waals surface area (Å²) >= 11 is 0. The van der Waals surface area contributed by atoms with Gasteiger partial charge in [0.1, 0.15) is 11.5 Å². The number of halogens is 1. The summed E-state index contributed by atoms with van der Waals surface area (Å²) in [7, 11) is 0. The largest absolute Gasteiger partial charge is 0.389 e. The Kier molecular flexibility index (Phi) is 4.00. The summed E-state index contributed by atoms with van der Waals surface area (Å²) < 4.78 is 15.8. The summed E-state index contributed by atoms with van der Waals surface area (Å²) in [6.45, 7) is 5.67. The molecule has 0 bridgehead atoms. The van der Waals surface area contributed by atoms with Gasteiger partial charge in [-0.25, -0.2) is 9.07 Å². The molecule has 0 saturated heterocycles. The number of aliphatic hydroxyl groups excluding tert-OH is 1. The molecule has 0 aliphatic heterocycles. The van der Waals surface area contributed by atoms with E-state index in [0.29, 0.717) is 11.3 Å². The Hall–Kier alpha value is -1.68. The fourth-order valence-corrected chi connectivity index (χ4v) is 2.06. The van der Waals surface area contributed by atoms with Gasteiger partial charge in [0.05, 0.1) is 11.8 Å². The van der Waals surface area contributed by atoms with E-state index in [0.717, 1.165) is 24.2 Å². The molecule has 0 unspecified atom stereocenters. The average molecular weight is 262 g/mol. The van der Waals surface area contributed by atoms with E-state index in [9.17, 15) is 9.50 Å². The maximum atomic E-state index is 14.2. The standard InChI is InChI=1S/C15H19FN2O/c1-4-12-9-13(5-2)18(17-12)15-7-6-11(10(3)19)8-14(15)16/h6-10,19H,4-5H2,1-3H3/t10-/m1/s1. The lowest BCUT2D eigenvalue weighted by atomic mass is 10.1. The predicted molar refractivity (Wildman–Crippen MR) is 72.9 cm³/mol. The number of hydrogen-bond donors (Lipinski definition) is 1. The molecule has 102 valence electrons. The third-order valence-corrected chi connectivity index (χ3v) is 3.24. The number of aliphatic hydroxyl groups is 1. The summed E-state index contributed by atoms with van der Waals surface area (Å²) in [5.74, 6) is -0.362. The van der Waals surface area contributed by atoms with Crippen molar-refractivity contribution in [2.24, 2.45) is 0 Å². The number of nitrogens with zero attached hydrogens (tertiary/aromatic N) is 2. The normalized spacial score (nSPS) is 12.7. The van der Waals surface area contributed by atoms with Crippen molar-refractivity contribution >= 4 is 0 Å². The Morgan fingerprint density at radius 3 is 2.53 bits per heavy atom. The molecule has 1 aromatic heterocycles. The summed E-state index contributed by atoms with van der Waals surface area (Å²) in [5, 5.41) is 13.9. The zero-order valence-corrected chi connectivity index (χ0v) is 11.5. The lowest BCUT2D eigenvalue weighted by Gasteiger charge is -2.10. The topological polar surface area (TPSA) is 38.0 Å². The van der Waals surface area contributed by atoms with Crippen LogP contribution < -0.4 is 0 Å². The molecule has 19 heavy (non-hydrogen) atoms. The minimum atomic E-state index is -0.669. The Balaban J connectivity index is 2.49. The second kappa shape index (κ2) is 5.53. The molecule has 0 radical (unpaired) electrons. The van der Waals surface area contributed by atoms with E-state index in [-0.39, 0.29) is 5.82 Å². The SMILES string of the molecule is CCc1cc(CC)n(-c2ccc([C@@H](C)O)cc2F)n1. The first-order valence-electron chi connectivity index (χ1n) is 6.62. The van der Waals surface area contributed by atoms with Gasteiger partial charge in [0.15, 0.2) is 0 Å². The van der Waals surface area contributed by atoms with Crippen LogP contribution in [0, 0.1) is 5.82 Å². The molecule has 0 fully saturated rings. The van der Waals surface area contributed by atoms with Gasteiger partial charge in [0, 0.05) is 5.69 Å². The van der Waals surface area contributed by atoms with Gasteiger partial charge in [-0.15, -0.1) is 0 Å². The molecule has 2 rings (SSSR count). The Morgan fingerprint density at radius 1 is 1.26 bits per heavy atom. The van der Waals surface area contributed by atoms with Gasteiger partial charge in [-0.3, -0.25) is 0 Å². The minimum absolute atomic E-state index is 0.362. The van der Waals surface area contributed by atoms with Gasteiger partial charge < -0.3 is 5.11 Å². The number of aromatic nitrogens is 2. The first-order valence-corrected chi connectivity index (χ1v) is 6.62. The summed E-state index contributed by atoms with van der Waals surface area (Å²) in [6, 6.07) is 6.77. The van der Waals surface area contributed by atoms with E-state index in [4.69, 9.17) is 0 Å². The van der Waals surface area contributed by atoms with Gasteiger partial charge in [-0.05, 0) is 43.5 Å². The highest BCUT2D eigenvalue weighted by Crippen LogP contribution is 2.21. The molecule has 2 aromatic rings. The lowest BCUT2D eigenvalue weighted by molar-refractivity contribution is 0.199. The summed E-state index contributed by atoms with van der Waals surface area (Å²) in [6.07, 6.45) is 0.954. The van der Waals surface area contributed by atoms with Crippen molar-refractivity contribution in [1.29, 1.82) is 0 Å². The van der Waals surface area contributed by atoms with Crippen LogP contribution in [-0.2, 0) is 12.8 Å². The number of rotatable bonds is 4. The fourth-order valence-electron chi connectivity index (χ4n) is 2.06. The number of hydrogen-bond acceptors (Lipinski definition) is 2. The van der Waals surface area contributed by atoms with Gasteiger partial charge in [-0.1, -0.05) is 19.9 Å². The molecular formula is C15H19FN2O. The molecule has 1 aromatic carbocycles. The first-order chi connectivity index (χ1) is 9.06. The van der Waals surface area contributed by atoms with Crippen LogP contribution in [0.5, 0.6) is 0 Å². The fraction of sp³-hybridized carbons (Fsp3) is 0.400. The Bertz CT molecular complexity index is 576. The van der Waals surface area contributed by atoms with E-state index in [1.165, 1.54) is 6.07 Å². The molecular weight excluding hydrogens is 243 g/mol. The van der Waals surface area contributed by atoms with E-state index in [1.807, 2.05) is 19.9 Å². The molecule has 1 heterocycles. The molecule has 0 saturated carbocycles. The Labute approximate surface area is 112 Å². The third-order valence-electron chi connectivity index (χ3n) is 3.24.